The summed E-state index contributed by atoms with van der Waals surface area (Å²) in [5.74, 6) is -2.19. The highest BCUT2D eigenvalue weighted by atomic mass is 19.4. The van der Waals surface area contributed by atoms with Gasteiger partial charge in [-0.05, 0) is 6.07 Å². The zero-order valence-corrected chi connectivity index (χ0v) is 9.26. The van der Waals surface area contributed by atoms with Crippen molar-refractivity contribution in [3.05, 3.63) is 17.3 Å². The molecule has 0 radical (unpaired) electrons. The van der Waals surface area contributed by atoms with Crippen LogP contribution in [0.2, 0.25) is 0 Å². The highest BCUT2D eigenvalue weighted by Crippen LogP contribution is 2.38. The van der Waals surface area contributed by atoms with Crippen LogP contribution >= 0.6 is 0 Å². The Balaban J connectivity index is 3.38. The number of aromatic nitrogens is 1. The monoisotopic (exact) mass is 291 g/mol. The molecule has 0 fully saturated rings. The molecule has 0 aliphatic heterocycles. The van der Waals surface area contributed by atoms with Crippen LogP contribution in [0.1, 0.15) is 11.3 Å². The standard InChI is InChI=1S/C9H7F6NO3/c1-18-5-2-4(3-17)7(19-9(13,14)15)16-6(5)8(10,11)12/h2,17H,3H2,1H3. The van der Waals surface area contributed by atoms with Crippen LogP contribution in [-0.4, -0.2) is 23.6 Å². The molecule has 1 rings (SSSR count). The third kappa shape index (κ3) is 3.88. The van der Waals surface area contributed by atoms with E-state index < -0.39 is 42.0 Å². The van der Waals surface area contributed by atoms with Gasteiger partial charge in [0.25, 0.3) is 0 Å². The molecule has 10 heteroatoms. The third-order valence-corrected chi connectivity index (χ3v) is 1.90. The molecule has 0 spiro atoms. The molecule has 1 N–H and O–H groups in total. The first kappa shape index (κ1) is 15.3. The Morgan fingerprint density at radius 3 is 2.16 bits per heavy atom. The first-order chi connectivity index (χ1) is 8.58. The predicted octanol–water partition coefficient (Wildman–Crippen LogP) is 2.50. The number of nitrogens with zero attached hydrogens (tertiary/aromatic N) is 1. The summed E-state index contributed by atoms with van der Waals surface area (Å²) in [6.45, 7) is -0.993. The summed E-state index contributed by atoms with van der Waals surface area (Å²) in [5, 5.41) is 8.80. The van der Waals surface area contributed by atoms with Crippen LogP contribution in [-0.2, 0) is 12.8 Å². The van der Waals surface area contributed by atoms with Crippen LogP contribution in [0.3, 0.4) is 0 Å². The Bertz CT molecular complexity index is 456. The summed E-state index contributed by atoms with van der Waals surface area (Å²) in [7, 11) is 0.887. The molecular weight excluding hydrogens is 284 g/mol. The van der Waals surface area contributed by atoms with Gasteiger partial charge in [0.2, 0.25) is 5.88 Å². The van der Waals surface area contributed by atoms with Crippen molar-refractivity contribution in [3.8, 4) is 11.6 Å². The van der Waals surface area contributed by atoms with Crippen molar-refractivity contribution >= 4 is 0 Å². The summed E-state index contributed by atoms with van der Waals surface area (Å²) in [6, 6.07) is 0.580. The second kappa shape index (κ2) is 5.11. The molecule has 0 saturated heterocycles. The minimum atomic E-state index is -5.23. The topological polar surface area (TPSA) is 51.6 Å². The van der Waals surface area contributed by atoms with E-state index in [-0.39, 0.29) is 0 Å². The van der Waals surface area contributed by atoms with Crippen LogP contribution in [0.25, 0.3) is 0 Å². The van der Waals surface area contributed by atoms with Crippen molar-refractivity contribution in [1.29, 1.82) is 0 Å². The average molecular weight is 291 g/mol. The number of aliphatic hydroxyl groups excluding tert-OH is 1. The molecule has 0 aliphatic rings. The summed E-state index contributed by atoms with van der Waals surface area (Å²) >= 11 is 0. The Hall–Kier alpha value is -1.71. The number of hydrogen-bond donors (Lipinski definition) is 1. The molecule has 108 valence electrons. The molecule has 1 heterocycles. The summed E-state index contributed by atoms with van der Waals surface area (Å²) in [4.78, 5) is 2.72. The molecule has 4 nitrogen and oxygen atoms in total. The normalized spacial score (nSPS) is 12.4. The maximum Gasteiger partial charge on any atom is 0.574 e. The van der Waals surface area contributed by atoms with Crippen LogP contribution in [0, 0.1) is 0 Å². The first-order valence-corrected chi connectivity index (χ1v) is 4.60. The van der Waals surface area contributed by atoms with Crippen molar-refractivity contribution in [3.63, 3.8) is 0 Å². The minimum Gasteiger partial charge on any atom is -0.494 e. The van der Waals surface area contributed by atoms with Gasteiger partial charge in [0, 0.05) is 5.56 Å². The second-order valence-corrected chi connectivity index (χ2v) is 3.21. The van der Waals surface area contributed by atoms with E-state index in [0.717, 1.165) is 7.11 Å². The van der Waals surface area contributed by atoms with E-state index in [2.05, 4.69) is 14.5 Å². The van der Waals surface area contributed by atoms with Gasteiger partial charge in [0.05, 0.1) is 13.7 Å². The third-order valence-electron chi connectivity index (χ3n) is 1.90. The Morgan fingerprint density at radius 2 is 1.79 bits per heavy atom. The van der Waals surface area contributed by atoms with E-state index in [1.165, 1.54) is 0 Å². The number of aliphatic hydroxyl groups is 1. The number of ether oxygens (including phenoxy) is 2. The molecular formula is C9H7F6NO3. The molecule has 1 aromatic rings. The van der Waals surface area contributed by atoms with Gasteiger partial charge in [-0.2, -0.15) is 13.2 Å². The van der Waals surface area contributed by atoms with Crippen LogP contribution in [0.15, 0.2) is 6.07 Å². The molecule has 0 aromatic carbocycles. The van der Waals surface area contributed by atoms with Gasteiger partial charge in [0.15, 0.2) is 5.69 Å². The molecule has 0 unspecified atom stereocenters. The van der Waals surface area contributed by atoms with Gasteiger partial charge in [-0.15, -0.1) is 13.2 Å². The van der Waals surface area contributed by atoms with Gasteiger partial charge < -0.3 is 14.6 Å². The van der Waals surface area contributed by atoms with Crippen molar-refractivity contribution < 1.29 is 40.9 Å². The Kier molecular flexibility index (Phi) is 4.13. The molecule has 0 bridgehead atoms. The smallest absolute Gasteiger partial charge is 0.494 e. The van der Waals surface area contributed by atoms with Crippen LogP contribution in [0.5, 0.6) is 11.6 Å². The molecule has 0 atom stereocenters. The van der Waals surface area contributed by atoms with Crippen molar-refractivity contribution in [1.82, 2.24) is 4.98 Å². The van der Waals surface area contributed by atoms with Crippen molar-refractivity contribution in [2.24, 2.45) is 0 Å². The number of halogens is 6. The van der Waals surface area contributed by atoms with E-state index in [4.69, 9.17) is 5.11 Å². The van der Waals surface area contributed by atoms with E-state index in [0.29, 0.717) is 6.07 Å². The fourth-order valence-corrected chi connectivity index (χ4v) is 1.19. The number of alkyl halides is 6. The lowest BCUT2D eigenvalue weighted by molar-refractivity contribution is -0.276. The lowest BCUT2D eigenvalue weighted by Gasteiger charge is -2.16. The molecule has 19 heavy (non-hydrogen) atoms. The molecule has 0 saturated carbocycles. The van der Waals surface area contributed by atoms with Gasteiger partial charge >= 0.3 is 12.5 Å². The number of rotatable bonds is 3. The Morgan fingerprint density at radius 1 is 1.21 bits per heavy atom. The minimum absolute atomic E-state index is 0.580. The first-order valence-electron chi connectivity index (χ1n) is 4.60. The SMILES string of the molecule is COc1cc(CO)c(OC(F)(F)F)nc1C(F)(F)F. The van der Waals surface area contributed by atoms with E-state index in [1.807, 2.05) is 0 Å². The number of hydrogen-bond acceptors (Lipinski definition) is 4. The zero-order valence-electron chi connectivity index (χ0n) is 9.26. The number of pyridine rings is 1. The maximum absolute atomic E-state index is 12.5. The summed E-state index contributed by atoms with van der Waals surface area (Å²) in [6.07, 6.45) is -10.3. The van der Waals surface area contributed by atoms with Crippen molar-refractivity contribution in [2.75, 3.05) is 7.11 Å². The van der Waals surface area contributed by atoms with Gasteiger partial charge in [0.1, 0.15) is 5.75 Å². The van der Waals surface area contributed by atoms with Gasteiger partial charge in [-0.3, -0.25) is 0 Å². The zero-order chi connectivity index (χ0) is 14.8. The Labute approximate surface area is 102 Å². The summed E-state index contributed by atoms with van der Waals surface area (Å²) < 4.78 is 81.4. The van der Waals surface area contributed by atoms with E-state index >= 15 is 0 Å². The fourth-order valence-electron chi connectivity index (χ4n) is 1.19. The maximum atomic E-state index is 12.5. The lowest BCUT2D eigenvalue weighted by atomic mass is 10.2. The average Bonchev–Trinajstić information content (AvgIpc) is 2.25. The molecule has 0 aliphatic carbocycles. The highest BCUT2D eigenvalue weighted by molar-refractivity contribution is 5.40. The molecule has 1 aromatic heterocycles. The fraction of sp³-hybridized carbons (Fsp3) is 0.444. The van der Waals surface area contributed by atoms with Crippen LogP contribution < -0.4 is 9.47 Å². The second-order valence-electron chi connectivity index (χ2n) is 3.21. The molecule has 0 amide bonds. The lowest BCUT2D eigenvalue weighted by Crippen LogP contribution is -2.21. The summed E-state index contributed by atoms with van der Waals surface area (Å²) in [5.41, 5.74) is -2.26. The number of methoxy groups -OCH3 is 1. The van der Waals surface area contributed by atoms with Gasteiger partial charge in [-0.25, -0.2) is 4.98 Å². The van der Waals surface area contributed by atoms with Crippen LogP contribution in [0.4, 0.5) is 26.3 Å². The van der Waals surface area contributed by atoms with E-state index in [1.54, 1.807) is 0 Å². The largest absolute Gasteiger partial charge is 0.574 e. The highest BCUT2D eigenvalue weighted by Gasteiger charge is 2.40. The van der Waals surface area contributed by atoms with E-state index in [9.17, 15) is 26.3 Å². The quantitative estimate of drug-likeness (QED) is 0.869. The predicted molar refractivity (Wildman–Crippen MR) is 48.4 cm³/mol. The van der Waals surface area contributed by atoms with Gasteiger partial charge in [-0.1, -0.05) is 0 Å². The van der Waals surface area contributed by atoms with Crippen molar-refractivity contribution in [2.45, 2.75) is 19.1 Å².